The molecular formula is C20H27N5O2. The summed E-state index contributed by atoms with van der Waals surface area (Å²) >= 11 is 0. The summed E-state index contributed by atoms with van der Waals surface area (Å²) in [6, 6.07) is 11.4. The molecule has 0 atom stereocenters. The summed E-state index contributed by atoms with van der Waals surface area (Å²) in [4.78, 5) is 13.4. The molecule has 1 saturated heterocycles. The number of anilines is 1. The summed E-state index contributed by atoms with van der Waals surface area (Å²) in [6.07, 6.45) is 2.54. The van der Waals surface area contributed by atoms with Crippen LogP contribution in [0.5, 0.6) is 11.5 Å². The largest absolute Gasteiger partial charge is 0.508 e. The lowest BCUT2D eigenvalue weighted by Gasteiger charge is -2.37. The van der Waals surface area contributed by atoms with Gasteiger partial charge in [0, 0.05) is 52.0 Å². The number of phenolic OH excluding ortho intramolecular Hbond substituents is 1. The number of guanidine groups is 1. The van der Waals surface area contributed by atoms with Gasteiger partial charge < -0.3 is 25.0 Å². The minimum absolute atomic E-state index is 0.259. The van der Waals surface area contributed by atoms with Gasteiger partial charge in [-0.15, -0.1) is 0 Å². The van der Waals surface area contributed by atoms with E-state index in [9.17, 15) is 5.11 Å². The van der Waals surface area contributed by atoms with Crippen LogP contribution in [-0.4, -0.2) is 67.8 Å². The number of nitrogens with zero attached hydrogens (tertiary/aromatic N) is 4. The van der Waals surface area contributed by atoms with Crippen LogP contribution in [0.4, 0.5) is 5.82 Å². The Kier molecular flexibility index (Phi) is 6.35. The molecule has 1 aliphatic heterocycles. The van der Waals surface area contributed by atoms with Crippen LogP contribution in [0.1, 0.15) is 5.56 Å². The van der Waals surface area contributed by atoms with E-state index < -0.39 is 0 Å². The summed E-state index contributed by atoms with van der Waals surface area (Å²) in [6.45, 7) is 4.31. The molecule has 0 spiro atoms. The SMILES string of the molecule is CN=C(NCCc1ccc(OC)cc1O)N1CCN(c2ccccn2)CC1. The van der Waals surface area contributed by atoms with Gasteiger partial charge in [-0.3, -0.25) is 4.99 Å². The van der Waals surface area contributed by atoms with Crippen LogP contribution >= 0.6 is 0 Å². The van der Waals surface area contributed by atoms with Gasteiger partial charge in [0.2, 0.25) is 0 Å². The van der Waals surface area contributed by atoms with Crippen LogP contribution in [0.15, 0.2) is 47.6 Å². The highest BCUT2D eigenvalue weighted by Crippen LogP contribution is 2.23. The summed E-state index contributed by atoms with van der Waals surface area (Å²) in [5.41, 5.74) is 0.888. The van der Waals surface area contributed by atoms with Crippen molar-refractivity contribution in [1.82, 2.24) is 15.2 Å². The number of piperazine rings is 1. The summed E-state index contributed by atoms with van der Waals surface area (Å²) < 4.78 is 5.12. The van der Waals surface area contributed by atoms with E-state index >= 15 is 0 Å². The first kappa shape index (κ1) is 18.8. The maximum atomic E-state index is 10.1. The second-order valence-electron chi connectivity index (χ2n) is 6.38. The smallest absolute Gasteiger partial charge is 0.193 e. The zero-order chi connectivity index (χ0) is 19.1. The molecule has 7 heteroatoms. The normalized spacial score (nSPS) is 15.0. The monoisotopic (exact) mass is 369 g/mol. The summed E-state index contributed by atoms with van der Waals surface area (Å²) in [5, 5.41) is 13.5. The highest BCUT2D eigenvalue weighted by molar-refractivity contribution is 5.80. The lowest BCUT2D eigenvalue weighted by Crippen LogP contribution is -2.53. The molecule has 3 rings (SSSR count). The van der Waals surface area contributed by atoms with Crippen molar-refractivity contribution in [1.29, 1.82) is 0 Å². The lowest BCUT2D eigenvalue weighted by atomic mass is 10.1. The lowest BCUT2D eigenvalue weighted by molar-refractivity contribution is 0.371. The standard InChI is InChI=1S/C20H27N5O2/c1-21-20(23-10-8-16-6-7-17(27-2)15-18(16)26)25-13-11-24(12-14-25)19-5-3-4-9-22-19/h3-7,9,15,26H,8,10-14H2,1-2H3,(H,21,23). The molecular weight excluding hydrogens is 342 g/mol. The van der Waals surface area contributed by atoms with E-state index in [0.717, 1.165) is 43.5 Å². The molecule has 7 nitrogen and oxygen atoms in total. The van der Waals surface area contributed by atoms with Crippen LogP contribution in [0.3, 0.4) is 0 Å². The van der Waals surface area contributed by atoms with E-state index in [-0.39, 0.29) is 5.75 Å². The molecule has 0 saturated carbocycles. The molecule has 0 bridgehead atoms. The number of rotatable bonds is 5. The number of pyridine rings is 1. The van der Waals surface area contributed by atoms with E-state index in [1.165, 1.54) is 0 Å². The molecule has 0 aliphatic carbocycles. The minimum atomic E-state index is 0.259. The van der Waals surface area contributed by atoms with Crippen LogP contribution in [0.2, 0.25) is 0 Å². The third-order valence-corrected chi connectivity index (χ3v) is 4.73. The molecule has 0 unspecified atom stereocenters. The molecule has 0 amide bonds. The highest BCUT2D eigenvalue weighted by atomic mass is 16.5. The summed E-state index contributed by atoms with van der Waals surface area (Å²) in [5.74, 6) is 2.83. The molecule has 1 aliphatic rings. The summed E-state index contributed by atoms with van der Waals surface area (Å²) in [7, 11) is 3.39. The van der Waals surface area contributed by atoms with Crippen molar-refractivity contribution in [3.8, 4) is 11.5 Å². The molecule has 1 fully saturated rings. The Morgan fingerprint density at radius 1 is 1.22 bits per heavy atom. The van der Waals surface area contributed by atoms with Gasteiger partial charge in [-0.25, -0.2) is 4.98 Å². The highest BCUT2D eigenvalue weighted by Gasteiger charge is 2.20. The number of aliphatic imine (C=N–C) groups is 1. The van der Waals surface area contributed by atoms with E-state index in [1.54, 1.807) is 20.2 Å². The number of hydrogen-bond acceptors (Lipinski definition) is 5. The van der Waals surface area contributed by atoms with Crippen molar-refractivity contribution in [2.45, 2.75) is 6.42 Å². The molecule has 2 heterocycles. The maximum absolute atomic E-state index is 10.1. The first-order valence-electron chi connectivity index (χ1n) is 9.18. The number of methoxy groups -OCH3 is 1. The fraction of sp³-hybridized carbons (Fsp3) is 0.400. The van der Waals surface area contributed by atoms with Crippen molar-refractivity contribution in [3.05, 3.63) is 48.2 Å². The zero-order valence-electron chi connectivity index (χ0n) is 15.9. The third kappa shape index (κ3) is 4.81. The number of nitrogens with one attached hydrogen (secondary N) is 1. The van der Waals surface area contributed by atoms with Crippen molar-refractivity contribution in [2.24, 2.45) is 4.99 Å². The van der Waals surface area contributed by atoms with Gasteiger partial charge in [-0.2, -0.15) is 0 Å². The topological polar surface area (TPSA) is 73.2 Å². The predicted octanol–water partition coefficient (Wildman–Crippen LogP) is 1.74. The quantitative estimate of drug-likeness (QED) is 0.618. The van der Waals surface area contributed by atoms with Crippen LogP contribution in [0, 0.1) is 0 Å². The molecule has 0 radical (unpaired) electrons. The van der Waals surface area contributed by atoms with E-state index in [4.69, 9.17) is 4.74 Å². The van der Waals surface area contributed by atoms with Gasteiger partial charge in [0.15, 0.2) is 5.96 Å². The van der Waals surface area contributed by atoms with Crippen molar-refractivity contribution in [3.63, 3.8) is 0 Å². The number of benzene rings is 1. The van der Waals surface area contributed by atoms with Gasteiger partial charge in [0.05, 0.1) is 7.11 Å². The van der Waals surface area contributed by atoms with E-state index in [2.05, 4.69) is 25.1 Å². The van der Waals surface area contributed by atoms with Gasteiger partial charge in [-0.1, -0.05) is 12.1 Å². The second-order valence-corrected chi connectivity index (χ2v) is 6.38. The first-order valence-corrected chi connectivity index (χ1v) is 9.18. The Balaban J connectivity index is 1.49. The predicted molar refractivity (Wildman–Crippen MR) is 108 cm³/mol. The fourth-order valence-electron chi connectivity index (χ4n) is 3.21. The number of aromatic hydroxyl groups is 1. The molecule has 2 N–H and O–H groups in total. The number of aromatic nitrogens is 1. The Labute approximate surface area is 160 Å². The average molecular weight is 369 g/mol. The Morgan fingerprint density at radius 3 is 2.67 bits per heavy atom. The average Bonchev–Trinajstić information content (AvgIpc) is 2.73. The van der Waals surface area contributed by atoms with Crippen molar-refractivity contribution in [2.75, 3.05) is 51.8 Å². The molecule has 1 aromatic carbocycles. The van der Waals surface area contributed by atoms with E-state index in [0.29, 0.717) is 18.7 Å². The van der Waals surface area contributed by atoms with Crippen LogP contribution < -0.4 is 15.0 Å². The Hall–Kier alpha value is -2.96. The van der Waals surface area contributed by atoms with Crippen LogP contribution in [-0.2, 0) is 6.42 Å². The fourth-order valence-corrected chi connectivity index (χ4v) is 3.21. The molecule has 2 aromatic rings. The number of hydrogen-bond donors (Lipinski definition) is 2. The maximum Gasteiger partial charge on any atom is 0.193 e. The first-order chi connectivity index (χ1) is 13.2. The third-order valence-electron chi connectivity index (χ3n) is 4.73. The van der Waals surface area contributed by atoms with Crippen molar-refractivity contribution < 1.29 is 9.84 Å². The van der Waals surface area contributed by atoms with Gasteiger partial charge in [0.25, 0.3) is 0 Å². The van der Waals surface area contributed by atoms with Crippen LogP contribution in [0.25, 0.3) is 0 Å². The number of ether oxygens (including phenoxy) is 1. The Morgan fingerprint density at radius 2 is 2.04 bits per heavy atom. The Bertz CT molecular complexity index is 758. The second kappa shape index (κ2) is 9.12. The van der Waals surface area contributed by atoms with Gasteiger partial charge in [-0.05, 0) is 30.2 Å². The van der Waals surface area contributed by atoms with E-state index in [1.807, 2.05) is 36.5 Å². The molecule has 144 valence electrons. The minimum Gasteiger partial charge on any atom is -0.508 e. The number of phenols is 1. The van der Waals surface area contributed by atoms with Crippen molar-refractivity contribution >= 4 is 11.8 Å². The van der Waals surface area contributed by atoms with Gasteiger partial charge in [0.1, 0.15) is 17.3 Å². The van der Waals surface area contributed by atoms with Gasteiger partial charge >= 0.3 is 0 Å². The zero-order valence-corrected chi connectivity index (χ0v) is 15.9. The molecule has 1 aromatic heterocycles. The molecule has 27 heavy (non-hydrogen) atoms.